The summed E-state index contributed by atoms with van der Waals surface area (Å²) in [6.45, 7) is 4.83. The van der Waals surface area contributed by atoms with Crippen LogP contribution in [0.4, 0.5) is 5.82 Å². The average molecular weight is 307 g/mol. The Bertz CT molecular complexity index is 707. The monoisotopic (exact) mass is 307 g/mol. The third-order valence-electron chi connectivity index (χ3n) is 4.19. The van der Waals surface area contributed by atoms with Gasteiger partial charge in [-0.15, -0.1) is 0 Å². The first-order valence-corrected chi connectivity index (χ1v) is 8.00. The maximum Gasteiger partial charge on any atom is 0.129 e. The van der Waals surface area contributed by atoms with Gasteiger partial charge in [-0.05, 0) is 37.9 Å². The molecule has 1 aromatic carbocycles. The molecule has 118 valence electrons. The molecule has 5 nitrogen and oxygen atoms in total. The molecule has 1 aromatic heterocycles. The Labute approximate surface area is 137 Å². The molecule has 0 bridgehead atoms. The molecule has 1 aliphatic heterocycles. The third-order valence-corrected chi connectivity index (χ3v) is 4.19. The van der Waals surface area contributed by atoms with Crippen LogP contribution in [0, 0.1) is 18.3 Å². The number of likely N-dealkylation sites (tertiary alicyclic amines) is 1. The van der Waals surface area contributed by atoms with Crippen LogP contribution in [0.5, 0.6) is 0 Å². The molecular formula is C18H21N5. The van der Waals surface area contributed by atoms with Crippen LogP contribution in [0.3, 0.4) is 0 Å². The van der Waals surface area contributed by atoms with Gasteiger partial charge in [0.1, 0.15) is 12.1 Å². The van der Waals surface area contributed by atoms with Gasteiger partial charge in [-0.3, -0.25) is 4.90 Å². The molecule has 2 heterocycles. The summed E-state index contributed by atoms with van der Waals surface area (Å²) >= 11 is 0. The molecule has 0 radical (unpaired) electrons. The lowest BCUT2D eigenvalue weighted by atomic mass is 10.0. The summed E-state index contributed by atoms with van der Waals surface area (Å²) in [5.41, 5.74) is 2.85. The lowest BCUT2D eigenvalue weighted by Gasteiger charge is -2.33. The maximum absolute atomic E-state index is 9.23. The molecule has 0 aliphatic carbocycles. The van der Waals surface area contributed by atoms with Crippen molar-refractivity contribution in [1.82, 2.24) is 14.9 Å². The Kier molecular flexibility index (Phi) is 4.84. The number of rotatable bonds is 4. The highest BCUT2D eigenvalue weighted by Crippen LogP contribution is 2.18. The van der Waals surface area contributed by atoms with Crippen molar-refractivity contribution >= 4 is 5.82 Å². The fourth-order valence-corrected chi connectivity index (χ4v) is 3.07. The summed E-state index contributed by atoms with van der Waals surface area (Å²) < 4.78 is 0. The van der Waals surface area contributed by atoms with Crippen molar-refractivity contribution in [2.24, 2.45) is 0 Å². The number of aromatic nitrogens is 2. The van der Waals surface area contributed by atoms with E-state index in [9.17, 15) is 5.26 Å². The molecule has 0 amide bonds. The van der Waals surface area contributed by atoms with E-state index in [0.717, 1.165) is 55.1 Å². The van der Waals surface area contributed by atoms with E-state index in [0.29, 0.717) is 6.04 Å². The van der Waals surface area contributed by atoms with Gasteiger partial charge < -0.3 is 5.32 Å². The lowest BCUT2D eigenvalue weighted by molar-refractivity contribution is 0.208. The van der Waals surface area contributed by atoms with E-state index in [4.69, 9.17) is 0 Å². The Morgan fingerprint density at radius 1 is 1.35 bits per heavy atom. The quantitative estimate of drug-likeness (QED) is 0.941. The van der Waals surface area contributed by atoms with Gasteiger partial charge in [0.15, 0.2) is 0 Å². The fraction of sp³-hybridized carbons (Fsp3) is 0.389. The standard InChI is InChI=1S/C18H21N5/c1-14-9-18(21-13-20-14)22-17-7-4-8-23(12-17)11-16-6-3-2-5-15(16)10-19/h2-3,5-6,9,13,17H,4,7-8,11-12H2,1H3,(H,20,21,22). The van der Waals surface area contributed by atoms with Crippen molar-refractivity contribution in [3.05, 3.63) is 53.5 Å². The summed E-state index contributed by atoms with van der Waals surface area (Å²) in [5.74, 6) is 0.891. The second kappa shape index (κ2) is 7.21. The van der Waals surface area contributed by atoms with Crippen LogP contribution in [0.25, 0.3) is 0 Å². The van der Waals surface area contributed by atoms with E-state index in [1.807, 2.05) is 37.3 Å². The van der Waals surface area contributed by atoms with Crippen LogP contribution in [-0.2, 0) is 6.54 Å². The van der Waals surface area contributed by atoms with Gasteiger partial charge in [0.25, 0.3) is 0 Å². The molecule has 0 spiro atoms. The predicted octanol–water partition coefficient (Wildman–Crippen LogP) is 2.73. The van der Waals surface area contributed by atoms with Gasteiger partial charge in [-0.1, -0.05) is 18.2 Å². The van der Waals surface area contributed by atoms with Gasteiger partial charge in [0, 0.05) is 30.9 Å². The molecule has 0 saturated carbocycles. The lowest BCUT2D eigenvalue weighted by Crippen LogP contribution is -2.41. The van der Waals surface area contributed by atoms with E-state index in [1.165, 1.54) is 0 Å². The van der Waals surface area contributed by atoms with Gasteiger partial charge in [-0.25, -0.2) is 9.97 Å². The number of hydrogen-bond acceptors (Lipinski definition) is 5. The first kappa shape index (κ1) is 15.4. The molecule has 1 N–H and O–H groups in total. The number of aryl methyl sites for hydroxylation is 1. The zero-order valence-electron chi connectivity index (χ0n) is 13.4. The largest absolute Gasteiger partial charge is 0.366 e. The second-order valence-electron chi connectivity index (χ2n) is 6.03. The molecule has 2 aromatic rings. The fourth-order valence-electron chi connectivity index (χ4n) is 3.07. The maximum atomic E-state index is 9.23. The molecular weight excluding hydrogens is 286 g/mol. The van der Waals surface area contributed by atoms with Crippen LogP contribution in [-0.4, -0.2) is 34.0 Å². The average Bonchev–Trinajstić information content (AvgIpc) is 2.56. The van der Waals surface area contributed by atoms with Crippen LogP contribution in [0.15, 0.2) is 36.7 Å². The third kappa shape index (κ3) is 4.05. The number of hydrogen-bond donors (Lipinski definition) is 1. The number of anilines is 1. The molecule has 1 unspecified atom stereocenters. The minimum atomic E-state index is 0.382. The summed E-state index contributed by atoms with van der Waals surface area (Å²) in [7, 11) is 0. The van der Waals surface area contributed by atoms with Crippen molar-refractivity contribution in [2.75, 3.05) is 18.4 Å². The first-order chi connectivity index (χ1) is 11.2. The van der Waals surface area contributed by atoms with Crippen LogP contribution >= 0.6 is 0 Å². The van der Waals surface area contributed by atoms with Crippen LogP contribution in [0.1, 0.15) is 29.7 Å². The summed E-state index contributed by atoms with van der Waals surface area (Å²) in [6.07, 6.45) is 3.89. The summed E-state index contributed by atoms with van der Waals surface area (Å²) in [5, 5.41) is 12.7. The van der Waals surface area contributed by atoms with Gasteiger partial charge >= 0.3 is 0 Å². The zero-order valence-corrected chi connectivity index (χ0v) is 13.4. The molecule has 23 heavy (non-hydrogen) atoms. The van der Waals surface area contributed by atoms with Crippen molar-refractivity contribution in [1.29, 1.82) is 5.26 Å². The van der Waals surface area contributed by atoms with Crippen molar-refractivity contribution in [3.63, 3.8) is 0 Å². The Morgan fingerprint density at radius 2 is 2.22 bits per heavy atom. The minimum Gasteiger partial charge on any atom is -0.366 e. The Balaban J connectivity index is 1.63. The smallest absolute Gasteiger partial charge is 0.129 e. The topological polar surface area (TPSA) is 64.8 Å². The van der Waals surface area contributed by atoms with Gasteiger partial charge in [-0.2, -0.15) is 5.26 Å². The van der Waals surface area contributed by atoms with Crippen molar-refractivity contribution < 1.29 is 0 Å². The molecule has 1 aliphatic rings. The Morgan fingerprint density at radius 3 is 3.04 bits per heavy atom. The summed E-state index contributed by atoms with van der Waals surface area (Å²) in [6, 6.07) is 12.5. The normalized spacial score (nSPS) is 18.3. The predicted molar refractivity (Wildman–Crippen MR) is 89.8 cm³/mol. The molecule has 5 heteroatoms. The van der Waals surface area contributed by atoms with E-state index >= 15 is 0 Å². The SMILES string of the molecule is Cc1cc(NC2CCCN(Cc3ccccc3C#N)C2)ncn1. The minimum absolute atomic E-state index is 0.382. The number of piperidine rings is 1. The molecule has 1 fully saturated rings. The number of benzene rings is 1. The van der Waals surface area contributed by atoms with E-state index in [-0.39, 0.29) is 0 Å². The molecule has 3 rings (SSSR count). The van der Waals surface area contributed by atoms with Gasteiger partial charge in [0.05, 0.1) is 11.6 Å². The zero-order chi connectivity index (χ0) is 16.1. The number of nitrogens with zero attached hydrogens (tertiary/aromatic N) is 4. The highest BCUT2D eigenvalue weighted by Gasteiger charge is 2.20. The van der Waals surface area contributed by atoms with Crippen molar-refractivity contribution in [2.45, 2.75) is 32.4 Å². The highest BCUT2D eigenvalue weighted by molar-refractivity contribution is 5.38. The second-order valence-corrected chi connectivity index (χ2v) is 6.03. The Hall–Kier alpha value is -2.45. The highest BCUT2D eigenvalue weighted by atomic mass is 15.2. The van der Waals surface area contributed by atoms with E-state index in [1.54, 1.807) is 6.33 Å². The van der Waals surface area contributed by atoms with Crippen LogP contribution in [0.2, 0.25) is 0 Å². The first-order valence-electron chi connectivity index (χ1n) is 8.00. The van der Waals surface area contributed by atoms with E-state index < -0.39 is 0 Å². The van der Waals surface area contributed by atoms with Crippen LogP contribution < -0.4 is 5.32 Å². The van der Waals surface area contributed by atoms with E-state index in [2.05, 4.69) is 26.3 Å². The molecule has 1 atom stereocenters. The molecule has 1 saturated heterocycles. The number of nitriles is 1. The van der Waals surface area contributed by atoms with Crippen molar-refractivity contribution in [3.8, 4) is 6.07 Å². The van der Waals surface area contributed by atoms with Gasteiger partial charge in [0.2, 0.25) is 0 Å². The number of nitrogens with one attached hydrogen (secondary N) is 1. The summed E-state index contributed by atoms with van der Waals surface area (Å²) in [4.78, 5) is 10.8.